The lowest BCUT2D eigenvalue weighted by Crippen LogP contribution is -2.04. The summed E-state index contributed by atoms with van der Waals surface area (Å²) in [4.78, 5) is 29.4. The number of aryl methyl sites for hydroxylation is 2. The van der Waals surface area contributed by atoms with Gasteiger partial charge in [0.1, 0.15) is 0 Å². The topological polar surface area (TPSA) is 93.2 Å². The zero-order valence-electron chi connectivity index (χ0n) is 17.8. The van der Waals surface area contributed by atoms with Crippen LogP contribution < -0.4 is 5.30 Å². The summed E-state index contributed by atoms with van der Waals surface area (Å²) in [5.41, 5.74) is 6.22. The van der Waals surface area contributed by atoms with Crippen LogP contribution in [-0.2, 0) is 17.7 Å². The third-order valence-corrected chi connectivity index (χ3v) is 6.67. The summed E-state index contributed by atoms with van der Waals surface area (Å²) in [6.45, 7) is 5.40. The van der Waals surface area contributed by atoms with Crippen molar-refractivity contribution >= 4 is 59.3 Å². The molecule has 0 aliphatic carbocycles. The molecule has 0 saturated heterocycles. The Bertz CT molecular complexity index is 1500. The highest BCUT2D eigenvalue weighted by molar-refractivity contribution is 7.60. The fourth-order valence-electron chi connectivity index (χ4n) is 4.25. The minimum absolute atomic E-state index is 0.00846. The van der Waals surface area contributed by atoms with Crippen LogP contribution in [0.4, 0.5) is 0 Å². The molecule has 7 nitrogen and oxygen atoms in total. The van der Waals surface area contributed by atoms with E-state index in [9.17, 15) is 14.4 Å². The van der Waals surface area contributed by atoms with Gasteiger partial charge in [-0.1, -0.05) is 0 Å². The molecule has 8 heteroatoms. The van der Waals surface area contributed by atoms with Crippen molar-refractivity contribution in [2.75, 3.05) is 0 Å². The zero-order chi connectivity index (χ0) is 22.5. The normalized spacial score (nSPS) is 13.1. The van der Waals surface area contributed by atoms with E-state index in [-0.39, 0.29) is 5.30 Å². The minimum Gasteiger partial charge on any atom is -0.342 e. The van der Waals surface area contributed by atoms with Gasteiger partial charge in [0.25, 0.3) is 0 Å². The molecule has 0 atom stereocenters. The molecule has 3 aromatic heterocycles. The van der Waals surface area contributed by atoms with E-state index in [1.807, 2.05) is 54.0 Å². The number of nitrogens with zero attached hydrogens (tertiary/aromatic N) is 4. The van der Waals surface area contributed by atoms with E-state index in [4.69, 9.17) is 4.98 Å². The summed E-state index contributed by atoms with van der Waals surface area (Å²) in [6, 6.07) is 13.3. The molecule has 0 unspecified atom stereocenters. The second-order valence-electron chi connectivity index (χ2n) is 7.72. The Hall–Kier alpha value is -3.25. The van der Waals surface area contributed by atoms with E-state index in [0.29, 0.717) is 23.3 Å². The van der Waals surface area contributed by atoms with Crippen molar-refractivity contribution in [3.05, 3.63) is 65.2 Å². The smallest absolute Gasteiger partial charge is 0.342 e. The predicted molar refractivity (Wildman–Crippen MR) is 129 cm³/mol. The van der Waals surface area contributed by atoms with Crippen LogP contribution in [0.3, 0.4) is 0 Å². The first-order valence-electron chi connectivity index (χ1n) is 10.5. The largest absolute Gasteiger partial charge is 0.358 e. The SMILES string of the molecule is CCn1c2ccc1cc1nc(cc3c(P(=O)(O)O)cc(cc4nc(c2)C=C4)n3CC)C=C1. The molecule has 2 N–H and O–H groups in total. The molecule has 5 rings (SSSR count). The van der Waals surface area contributed by atoms with Gasteiger partial charge in [-0.15, -0.1) is 0 Å². The van der Waals surface area contributed by atoms with E-state index in [1.165, 1.54) is 0 Å². The van der Waals surface area contributed by atoms with Gasteiger partial charge in [-0.2, -0.15) is 0 Å². The number of fused-ring (bicyclic) bond motifs is 8. The molecule has 2 aliphatic heterocycles. The van der Waals surface area contributed by atoms with E-state index in [0.717, 1.165) is 34.7 Å². The average molecular weight is 446 g/mol. The zero-order valence-corrected chi connectivity index (χ0v) is 18.7. The molecular weight excluding hydrogens is 423 g/mol. The molecule has 0 aromatic carbocycles. The first-order valence-corrected chi connectivity index (χ1v) is 12.1. The lowest BCUT2D eigenvalue weighted by Gasteiger charge is -2.04. The van der Waals surface area contributed by atoms with Crippen LogP contribution in [0.5, 0.6) is 0 Å². The van der Waals surface area contributed by atoms with Crippen molar-refractivity contribution in [3.8, 4) is 0 Å². The molecule has 2 aliphatic rings. The van der Waals surface area contributed by atoms with Gasteiger partial charge in [0.15, 0.2) is 0 Å². The van der Waals surface area contributed by atoms with Crippen LogP contribution in [-0.4, -0.2) is 28.9 Å². The Labute approximate surface area is 185 Å². The lowest BCUT2D eigenvalue weighted by atomic mass is 10.3. The van der Waals surface area contributed by atoms with Crippen LogP contribution in [0.1, 0.15) is 36.6 Å². The maximum Gasteiger partial charge on any atom is 0.358 e. The van der Waals surface area contributed by atoms with Gasteiger partial charge >= 0.3 is 7.60 Å². The molecule has 8 bridgehead atoms. The summed E-state index contributed by atoms with van der Waals surface area (Å²) >= 11 is 0. The van der Waals surface area contributed by atoms with Gasteiger partial charge in [-0.3, -0.25) is 4.57 Å². The van der Waals surface area contributed by atoms with Crippen LogP contribution in [0.25, 0.3) is 46.4 Å². The lowest BCUT2D eigenvalue weighted by molar-refractivity contribution is 0.388. The van der Waals surface area contributed by atoms with Crippen molar-refractivity contribution in [3.63, 3.8) is 0 Å². The second-order valence-corrected chi connectivity index (χ2v) is 9.29. The van der Waals surface area contributed by atoms with Crippen LogP contribution in [0.15, 0.2) is 42.5 Å². The van der Waals surface area contributed by atoms with Crippen molar-refractivity contribution in [2.24, 2.45) is 0 Å². The number of rotatable bonds is 3. The average Bonchev–Trinajstić information content (AvgIpc) is 3.50. The summed E-state index contributed by atoms with van der Waals surface area (Å²) in [7, 11) is -4.49. The summed E-state index contributed by atoms with van der Waals surface area (Å²) in [5, 5.41) is -0.00846. The van der Waals surface area contributed by atoms with Crippen LogP contribution >= 0.6 is 7.60 Å². The molecule has 162 valence electrons. The first-order chi connectivity index (χ1) is 15.4. The molecule has 0 fully saturated rings. The fourth-order valence-corrected chi connectivity index (χ4v) is 5.03. The molecule has 5 heterocycles. The predicted octanol–water partition coefficient (Wildman–Crippen LogP) is 4.45. The Morgan fingerprint density at radius 1 is 0.719 bits per heavy atom. The van der Waals surface area contributed by atoms with E-state index < -0.39 is 7.60 Å². The first kappa shape index (κ1) is 20.6. The quantitative estimate of drug-likeness (QED) is 0.400. The van der Waals surface area contributed by atoms with Crippen LogP contribution in [0, 0.1) is 0 Å². The highest BCUT2D eigenvalue weighted by atomic mass is 31.2. The molecule has 0 radical (unpaired) electrons. The highest BCUT2D eigenvalue weighted by Gasteiger charge is 2.23. The summed E-state index contributed by atoms with van der Waals surface area (Å²) < 4.78 is 16.4. The highest BCUT2D eigenvalue weighted by Crippen LogP contribution is 2.37. The number of hydrogen-bond acceptors (Lipinski definition) is 3. The molecule has 0 amide bonds. The van der Waals surface area contributed by atoms with Gasteiger partial charge in [-0.25, -0.2) is 9.97 Å². The van der Waals surface area contributed by atoms with Crippen molar-refractivity contribution in [2.45, 2.75) is 26.9 Å². The maximum atomic E-state index is 12.3. The Balaban J connectivity index is 1.95. The van der Waals surface area contributed by atoms with Crippen molar-refractivity contribution in [1.82, 2.24) is 19.1 Å². The number of aromatic nitrogens is 4. The maximum absolute atomic E-state index is 12.3. The molecule has 3 aromatic rings. The fraction of sp³-hybridized carbons (Fsp3) is 0.167. The minimum atomic E-state index is -4.49. The van der Waals surface area contributed by atoms with E-state index in [2.05, 4.69) is 28.6 Å². The van der Waals surface area contributed by atoms with Crippen LogP contribution in [0.2, 0.25) is 0 Å². The molecule has 32 heavy (non-hydrogen) atoms. The molecule has 0 saturated carbocycles. The van der Waals surface area contributed by atoms with Gasteiger partial charge in [0, 0.05) is 29.6 Å². The summed E-state index contributed by atoms with van der Waals surface area (Å²) in [5.74, 6) is 0. The van der Waals surface area contributed by atoms with Crippen molar-refractivity contribution < 1.29 is 14.4 Å². The van der Waals surface area contributed by atoms with Gasteiger partial charge in [-0.05, 0) is 80.6 Å². The third-order valence-electron chi connectivity index (χ3n) is 5.68. The second kappa shape index (κ2) is 7.71. The van der Waals surface area contributed by atoms with Gasteiger partial charge in [0.2, 0.25) is 0 Å². The molecule has 0 spiro atoms. The number of hydrogen-bond donors (Lipinski definition) is 2. The monoisotopic (exact) mass is 446 g/mol. The Kier molecular flexibility index (Phi) is 4.97. The third kappa shape index (κ3) is 3.65. The summed E-state index contributed by atoms with van der Waals surface area (Å²) in [6.07, 6.45) is 7.63. The van der Waals surface area contributed by atoms with E-state index in [1.54, 1.807) is 12.1 Å². The van der Waals surface area contributed by atoms with E-state index >= 15 is 0 Å². The standard InChI is InChI=1S/C24H23N4O3P/c1-3-27-20-9-10-21(27)12-17-7-8-19(26-17)14-23-24(32(29,30)31)15-22(28(23)4-2)13-18-6-5-16(11-20)25-18/h5-15H,3-4H2,1-2H3,(H2,29,30,31). The molecular formula is C24H23N4O3P. The van der Waals surface area contributed by atoms with Gasteiger partial charge in [0.05, 0.1) is 33.6 Å². The van der Waals surface area contributed by atoms with Gasteiger partial charge < -0.3 is 18.9 Å². The van der Waals surface area contributed by atoms with Crippen molar-refractivity contribution in [1.29, 1.82) is 0 Å². The Morgan fingerprint density at radius 2 is 1.19 bits per heavy atom. The Morgan fingerprint density at radius 3 is 1.66 bits per heavy atom.